The van der Waals surface area contributed by atoms with E-state index in [1.54, 1.807) is 12.3 Å². The number of aromatic nitrogens is 2. The number of nitrogens with zero attached hydrogens (tertiary/aromatic N) is 3. The molecule has 0 amide bonds. The van der Waals surface area contributed by atoms with Gasteiger partial charge in [-0.25, -0.2) is 4.98 Å². The lowest BCUT2D eigenvalue weighted by atomic mass is 10.1. The second-order valence-corrected chi connectivity index (χ2v) is 6.70. The van der Waals surface area contributed by atoms with Crippen LogP contribution in [0, 0.1) is 12.3 Å². The Hall–Kier alpha value is -2.06. The predicted molar refractivity (Wildman–Crippen MR) is 106 cm³/mol. The highest BCUT2D eigenvalue weighted by atomic mass is 35.5. The highest BCUT2D eigenvalue weighted by Gasteiger charge is 2.13. The number of aryl methyl sites for hydroxylation is 1. The summed E-state index contributed by atoms with van der Waals surface area (Å²) in [4.78, 5) is 10.9. The molecule has 3 heterocycles. The van der Waals surface area contributed by atoms with Gasteiger partial charge in [0.15, 0.2) is 0 Å². The van der Waals surface area contributed by atoms with Gasteiger partial charge in [0, 0.05) is 49.0 Å². The Kier molecular flexibility index (Phi) is 7.11. The van der Waals surface area contributed by atoms with Crippen LogP contribution in [0.5, 0.6) is 0 Å². The monoisotopic (exact) mass is 389 g/mol. The molecule has 0 spiro atoms. The lowest BCUT2D eigenvalue weighted by Crippen LogP contribution is -2.38. The summed E-state index contributed by atoms with van der Waals surface area (Å²) in [7, 11) is 0. The minimum absolute atomic E-state index is 0.318. The molecule has 3 rings (SSSR count). The molecular formula is C19H24ClN5O2. The van der Waals surface area contributed by atoms with E-state index in [1.807, 2.05) is 19.1 Å². The van der Waals surface area contributed by atoms with Crippen molar-refractivity contribution in [3.8, 4) is 0 Å². The van der Waals surface area contributed by atoms with E-state index in [1.165, 1.54) is 6.21 Å². The third kappa shape index (κ3) is 5.71. The third-order valence-electron chi connectivity index (χ3n) is 4.31. The molecule has 0 aliphatic carbocycles. The van der Waals surface area contributed by atoms with E-state index in [4.69, 9.17) is 26.5 Å². The molecule has 2 N–H and O–H groups in total. The summed E-state index contributed by atoms with van der Waals surface area (Å²) in [6.07, 6.45) is 3.00. The van der Waals surface area contributed by atoms with Gasteiger partial charge in [0.05, 0.1) is 37.8 Å². The van der Waals surface area contributed by atoms with Crippen LogP contribution in [0.25, 0.3) is 0 Å². The van der Waals surface area contributed by atoms with Crippen molar-refractivity contribution in [1.82, 2.24) is 14.9 Å². The quantitative estimate of drug-likeness (QED) is 0.410. The van der Waals surface area contributed by atoms with E-state index in [-0.39, 0.29) is 0 Å². The molecule has 2 aromatic heterocycles. The van der Waals surface area contributed by atoms with Crippen LogP contribution in [-0.4, -0.2) is 60.5 Å². The summed E-state index contributed by atoms with van der Waals surface area (Å²) in [6.45, 7) is 7.12. The lowest BCUT2D eigenvalue weighted by molar-refractivity contribution is 0.0177. The maximum Gasteiger partial charge on any atom is 0.130 e. The number of morpholine rings is 1. The fourth-order valence-electron chi connectivity index (χ4n) is 2.90. The van der Waals surface area contributed by atoms with Gasteiger partial charge in [0.1, 0.15) is 5.15 Å². The van der Waals surface area contributed by atoms with Crippen molar-refractivity contribution in [2.75, 3.05) is 44.8 Å². The largest absolute Gasteiger partial charge is 0.379 e. The summed E-state index contributed by atoms with van der Waals surface area (Å²) in [5, 5.41) is 11.4. The van der Waals surface area contributed by atoms with E-state index < -0.39 is 0 Å². The Bertz CT molecular complexity index is 781. The summed E-state index contributed by atoms with van der Waals surface area (Å²) in [6, 6.07) is 5.48. The van der Waals surface area contributed by atoms with Crippen molar-refractivity contribution in [2.24, 2.45) is 0 Å². The van der Waals surface area contributed by atoms with E-state index in [9.17, 15) is 0 Å². The second-order valence-electron chi connectivity index (χ2n) is 6.32. The number of anilines is 2. The summed E-state index contributed by atoms with van der Waals surface area (Å²) in [5.74, 6) is 0. The van der Waals surface area contributed by atoms with Crippen molar-refractivity contribution in [2.45, 2.75) is 13.5 Å². The third-order valence-corrected chi connectivity index (χ3v) is 4.50. The van der Waals surface area contributed by atoms with E-state index in [2.05, 4.69) is 20.2 Å². The molecular weight excluding hydrogens is 366 g/mol. The Morgan fingerprint density at radius 2 is 2.19 bits per heavy atom. The number of pyridine rings is 2. The van der Waals surface area contributed by atoms with Crippen molar-refractivity contribution in [3.63, 3.8) is 0 Å². The number of rotatable bonds is 8. The van der Waals surface area contributed by atoms with Crippen LogP contribution in [0.1, 0.15) is 17.0 Å². The summed E-state index contributed by atoms with van der Waals surface area (Å²) < 4.78 is 11.2. The van der Waals surface area contributed by atoms with Gasteiger partial charge in [0.25, 0.3) is 0 Å². The molecule has 0 unspecified atom stereocenters. The molecule has 1 aliphatic heterocycles. The highest BCUT2D eigenvalue weighted by Crippen LogP contribution is 2.26. The molecule has 0 atom stereocenters. The van der Waals surface area contributed by atoms with Crippen LogP contribution >= 0.6 is 11.6 Å². The maximum absolute atomic E-state index is 7.71. The van der Waals surface area contributed by atoms with Gasteiger partial charge < -0.3 is 20.2 Å². The molecule has 27 heavy (non-hydrogen) atoms. The molecule has 1 saturated heterocycles. The zero-order valence-corrected chi connectivity index (χ0v) is 16.1. The van der Waals surface area contributed by atoms with Crippen LogP contribution in [0.15, 0.2) is 24.4 Å². The first kappa shape index (κ1) is 19.7. The highest BCUT2D eigenvalue weighted by molar-refractivity contribution is 6.29. The minimum Gasteiger partial charge on any atom is -0.379 e. The van der Waals surface area contributed by atoms with Crippen molar-refractivity contribution >= 4 is 29.2 Å². The van der Waals surface area contributed by atoms with E-state index in [0.29, 0.717) is 29.6 Å². The molecule has 0 radical (unpaired) electrons. The van der Waals surface area contributed by atoms with Gasteiger partial charge in [-0.1, -0.05) is 11.6 Å². The van der Waals surface area contributed by atoms with Crippen LogP contribution in [0.3, 0.4) is 0 Å². The average molecular weight is 390 g/mol. The van der Waals surface area contributed by atoms with Crippen LogP contribution in [-0.2, 0) is 16.1 Å². The molecule has 0 bridgehead atoms. The molecule has 2 aromatic rings. The molecule has 8 heteroatoms. The number of nitrogens with one attached hydrogen (secondary N) is 2. The Morgan fingerprint density at radius 3 is 2.93 bits per heavy atom. The van der Waals surface area contributed by atoms with Crippen LogP contribution in [0.2, 0.25) is 5.15 Å². The Labute approximate surface area is 164 Å². The SMILES string of the molecule is Cc1cc(Nc2c(C=N)cc(Cl)nc2COCCN2CCOCC2)ccn1. The topological polar surface area (TPSA) is 83.4 Å². The summed E-state index contributed by atoms with van der Waals surface area (Å²) in [5.41, 5.74) is 3.85. The van der Waals surface area contributed by atoms with Gasteiger partial charge >= 0.3 is 0 Å². The fourth-order valence-corrected chi connectivity index (χ4v) is 3.12. The first-order valence-electron chi connectivity index (χ1n) is 8.93. The van der Waals surface area contributed by atoms with Crippen LogP contribution in [0.4, 0.5) is 11.4 Å². The van der Waals surface area contributed by atoms with Gasteiger partial charge in [-0.2, -0.15) is 0 Å². The Balaban J connectivity index is 1.69. The molecule has 7 nitrogen and oxygen atoms in total. The second kappa shape index (κ2) is 9.75. The molecule has 1 aliphatic rings. The first-order chi connectivity index (χ1) is 13.2. The number of halogens is 1. The zero-order chi connectivity index (χ0) is 19.1. The molecule has 144 valence electrons. The standard InChI is InChI=1S/C19H24ClN5O2/c1-14-10-16(2-3-22-14)23-19-15(12-21)11-18(20)24-17(19)13-27-9-6-25-4-7-26-8-5-25/h2-3,10-12,21H,4-9,13H2,1H3,(H,22,23). The van der Waals surface area contributed by atoms with E-state index in [0.717, 1.165) is 49.9 Å². The summed E-state index contributed by atoms with van der Waals surface area (Å²) >= 11 is 6.13. The molecule has 0 saturated carbocycles. The fraction of sp³-hybridized carbons (Fsp3) is 0.421. The number of hydrogen-bond donors (Lipinski definition) is 2. The smallest absolute Gasteiger partial charge is 0.130 e. The number of hydrogen-bond acceptors (Lipinski definition) is 7. The lowest BCUT2D eigenvalue weighted by Gasteiger charge is -2.26. The van der Waals surface area contributed by atoms with Gasteiger partial charge in [0.2, 0.25) is 0 Å². The molecule has 1 fully saturated rings. The van der Waals surface area contributed by atoms with Gasteiger partial charge in [-0.05, 0) is 25.1 Å². The zero-order valence-electron chi connectivity index (χ0n) is 15.4. The first-order valence-corrected chi connectivity index (χ1v) is 9.31. The van der Waals surface area contributed by atoms with Crippen LogP contribution < -0.4 is 5.32 Å². The normalized spacial score (nSPS) is 14.9. The van der Waals surface area contributed by atoms with Crippen molar-refractivity contribution < 1.29 is 9.47 Å². The predicted octanol–water partition coefficient (Wildman–Crippen LogP) is 3.03. The van der Waals surface area contributed by atoms with Gasteiger partial charge in [-0.3, -0.25) is 9.88 Å². The molecule has 0 aromatic carbocycles. The van der Waals surface area contributed by atoms with Gasteiger partial charge in [-0.15, -0.1) is 0 Å². The Morgan fingerprint density at radius 1 is 1.37 bits per heavy atom. The maximum atomic E-state index is 7.71. The average Bonchev–Trinajstić information content (AvgIpc) is 2.67. The minimum atomic E-state index is 0.318. The van der Waals surface area contributed by atoms with Crippen molar-refractivity contribution in [3.05, 3.63) is 46.5 Å². The number of ether oxygens (including phenoxy) is 2. The van der Waals surface area contributed by atoms with E-state index >= 15 is 0 Å². The van der Waals surface area contributed by atoms with Crippen molar-refractivity contribution in [1.29, 1.82) is 5.41 Å².